The molecule has 4 heteroatoms. The lowest BCUT2D eigenvalue weighted by atomic mass is 10.1. The summed E-state index contributed by atoms with van der Waals surface area (Å²) in [4.78, 5) is 0. The zero-order valence-corrected chi connectivity index (χ0v) is 8.31. The van der Waals surface area contributed by atoms with Crippen LogP contribution in [0.1, 0.15) is 33.4 Å². The van der Waals surface area contributed by atoms with Gasteiger partial charge in [-0.3, -0.25) is 4.68 Å². The van der Waals surface area contributed by atoms with E-state index in [-0.39, 0.29) is 11.2 Å². The van der Waals surface area contributed by atoms with E-state index in [1.165, 1.54) is 6.07 Å². The highest BCUT2D eigenvalue weighted by atomic mass is 19.3. The van der Waals surface area contributed by atoms with Crippen LogP contribution in [0.15, 0.2) is 12.3 Å². The monoisotopic (exact) mass is 188 g/mol. The summed E-state index contributed by atoms with van der Waals surface area (Å²) in [7, 11) is 0. The molecular formula is C9H14F2N2. The third-order valence-electron chi connectivity index (χ3n) is 1.73. The predicted octanol–water partition coefficient (Wildman–Crippen LogP) is 2.75. The molecule has 1 aromatic rings. The molecule has 0 amide bonds. The van der Waals surface area contributed by atoms with Crippen LogP contribution in [0.5, 0.6) is 0 Å². The first-order chi connectivity index (χ1) is 5.71. The van der Waals surface area contributed by atoms with Crippen molar-refractivity contribution >= 4 is 0 Å². The van der Waals surface area contributed by atoms with Crippen LogP contribution in [0.25, 0.3) is 0 Å². The Morgan fingerprint density at radius 1 is 1.23 bits per heavy atom. The van der Waals surface area contributed by atoms with Crippen molar-refractivity contribution in [3.63, 3.8) is 0 Å². The van der Waals surface area contributed by atoms with Crippen LogP contribution in [0.2, 0.25) is 0 Å². The lowest BCUT2D eigenvalue weighted by molar-refractivity contribution is 0.0116. The Hall–Kier alpha value is -0.930. The average molecular weight is 188 g/mol. The lowest BCUT2D eigenvalue weighted by Gasteiger charge is -2.19. The zero-order chi connectivity index (χ0) is 10.3. The molecule has 0 aliphatic rings. The number of nitrogens with zero attached hydrogens (tertiary/aromatic N) is 2. The fourth-order valence-corrected chi connectivity index (χ4v) is 0.932. The van der Waals surface area contributed by atoms with Crippen molar-refractivity contribution < 1.29 is 8.78 Å². The number of aromatic nitrogens is 2. The fraction of sp³-hybridized carbons (Fsp3) is 0.667. The van der Waals surface area contributed by atoms with E-state index in [9.17, 15) is 8.78 Å². The molecule has 0 aliphatic carbocycles. The SMILES string of the molecule is CC(F)(F)c1ccn(C(C)(C)C)n1. The van der Waals surface area contributed by atoms with E-state index in [0.717, 1.165) is 6.92 Å². The molecule has 74 valence electrons. The first-order valence-electron chi connectivity index (χ1n) is 4.16. The molecule has 1 rings (SSSR count). The van der Waals surface area contributed by atoms with Gasteiger partial charge in [-0.1, -0.05) is 0 Å². The minimum absolute atomic E-state index is 0.178. The first kappa shape index (κ1) is 10.2. The second-order valence-electron chi connectivity index (χ2n) is 4.20. The van der Waals surface area contributed by atoms with Crippen molar-refractivity contribution in [1.29, 1.82) is 0 Å². The van der Waals surface area contributed by atoms with Crippen LogP contribution in [-0.2, 0) is 11.5 Å². The molecule has 0 saturated heterocycles. The largest absolute Gasteiger partial charge is 0.288 e. The van der Waals surface area contributed by atoms with Gasteiger partial charge in [0.2, 0.25) is 0 Å². The van der Waals surface area contributed by atoms with Crippen LogP contribution < -0.4 is 0 Å². The van der Waals surface area contributed by atoms with Crippen molar-refractivity contribution in [3.8, 4) is 0 Å². The summed E-state index contributed by atoms with van der Waals surface area (Å²) in [6.45, 7) is 6.59. The van der Waals surface area contributed by atoms with Gasteiger partial charge in [0.1, 0.15) is 5.69 Å². The van der Waals surface area contributed by atoms with Gasteiger partial charge in [-0.15, -0.1) is 0 Å². The maximum absolute atomic E-state index is 12.8. The average Bonchev–Trinajstić information content (AvgIpc) is 2.28. The number of rotatable bonds is 1. The maximum Gasteiger partial charge on any atom is 0.288 e. The second kappa shape index (κ2) is 2.79. The van der Waals surface area contributed by atoms with Gasteiger partial charge in [0, 0.05) is 13.1 Å². The standard InChI is InChI=1S/C9H14F2N2/c1-8(2,3)13-6-5-7(12-13)9(4,10)11/h5-6H,1-4H3. The molecule has 0 spiro atoms. The van der Waals surface area contributed by atoms with Gasteiger partial charge in [0.25, 0.3) is 5.92 Å². The molecule has 0 aliphatic heterocycles. The maximum atomic E-state index is 12.8. The Bertz CT molecular complexity index is 263. The summed E-state index contributed by atoms with van der Waals surface area (Å²) in [6.07, 6.45) is 1.58. The molecular weight excluding hydrogens is 174 g/mol. The molecule has 0 fully saturated rings. The molecule has 0 N–H and O–H groups in total. The van der Waals surface area contributed by atoms with E-state index in [0.29, 0.717) is 0 Å². The van der Waals surface area contributed by atoms with E-state index in [1.54, 1.807) is 10.9 Å². The molecule has 0 bridgehead atoms. The minimum Gasteiger partial charge on any atom is -0.267 e. The fourth-order valence-electron chi connectivity index (χ4n) is 0.932. The molecule has 0 unspecified atom stereocenters. The zero-order valence-electron chi connectivity index (χ0n) is 8.31. The Labute approximate surface area is 76.6 Å². The number of hydrogen-bond donors (Lipinski definition) is 0. The van der Waals surface area contributed by atoms with Gasteiger partial charge in [-0.25, -0.2) is 0 Å². The molecule has 0 aromatic carbocycles. The highest BCUT2D eigenvalue weighted by Crippen LogP contribution is 2.26. The predicted molar refractivity (Wildman–Crippen MR) is 46.8 cm³/mol. The van der Waals surface area contributed by atoms with Gasteiger partial charge >= 0.3 is 0 Å². The van der Waals surface area contributed by atoms with E-state index < -0.39 is 5.92 Å². The summed E-state index contributed by atoms with van der Waals surface area (Å²) < 4.78 is 27.1. The van der Waals surface area contributed by atoms with Crippen LogP contribution in [0.3, 0.4) is 0 Å². The number of alkyl halides is 2. The molecule has 0 saturated carbocycles. The lowest BCUT2D eigenvalue weighted by Crippen LogP contribution is -2.23. The molecule has 1 heterocycles. The van der Waals surface area contributed by atoms with Crippen molar-refractivity contribution in [2.45, 2.75) is 39.2 Å². The first-order valence-corrected chi connectivity index (χ1v) is 4.16. The van der Waals surface area contributed by atoms with E-state index in [4.69, 9.17) is 0 Å². The summed E-state index contributed by atoms with van der Waals surface area (Å²) in [5, 5.41) is 3.82. The van der Waals surface area contributed by atoms with Crippen molar-refractivity contribution in [2.75, 3.05) is 0 Å². The van der Waals surface area contributed by atoms with Gasteiger partial charge in [-0.05, 0) is 26.8 Å². The molecule has 2 nitrogen and oxygen atoms in total. The van der Waals surface area contributed by atoms with Crippen LogP contribution in [-0.4, -0.2) is 9.78 Å². The summed E-state index contributed by atoms with van der Waals surface area (Å²) in [6, 6.07) is 1.35. The van der Waals surface area contributed by atoms with Gasteiger partial charge in [0.05, 0.1) is 5.54 Å². The van der Waals surface area contributed by atoms with Crippen LogP contribution in [0.4, 0.5) is 8.78 Å². The second-order valence-corrected chi connectivity index (χ2v) is 4.20. The van der Waals surface area contributed by atoms with Crippen molar-refractivity contribution in [2.24, 2.45) is 0 Å². The molecule has 1 aromatic heterocycles. The van der Waals surface area contributed by atoms with Gasteiger partial charge in [0.15, 0.2) is 0 Å². The topological polar surface area (TPSA) is 17.8 Å². The Morgan fingerprint density at radius 2 is 1.77 bits per heavy atom. The van der Waals surface area contributed by atoms with Crippen molar-refractivity contribution in [3.05, 3.63) is 18.0 Å². The summed E-state index contributed by atoms with van der Waals surface area (Å²) in [5.41, 5.74) is -0.425. The van der Waals surface area contributed by atoms with E-state index in [2.05, 4.69) is 5.10 Å². The van der Waals surface area contributed by atoms with E-state index in [1.807, 2.05) is 20.8 Å². The van der Waals surface area contributed by atoms with Crippen LogP contribution >= 0.6 is 0 Å². The Balaban J connectivity index is 3.01. The number of halogens is 2. The molecule has 13 heavy (non-hydrogen) atoms. The smallest absolute Gasteiger partial charge is 0.267 e. The van der Waals surface area contributed by atoms with Crippen LogP contribution in [0, 0.1) is 0 Å². The Morgan fingerprint density at radius 3 is 2.00 bits per heavy atom. The minimum atomic E-state index is -2.85. The van der Waals surface area contributed by atoms with Crippen molar-refractivity contribution in [1.82, 2.24) is 9.78 Å². The molecule has 0 atom stereocenters. The number of hydrogen-bond acceptors (Lipinski definition) is 1. The Kier molecular flexibility index (Phi) is 2.18. The third-order valence-corrected chi connectivity index (χ3v) is 1.73. The summed E-state index contributed by atoms with van der Waals surface area (Å²) in [5.74, 6) is -2.85. The van der Waals surface area contributed by atoms with Gasteiger partial charge in [-0.2, -0.15) is 13.9 Å². The normalized spacial score (nSPS) is 13.4. The molecule has 0 radical (unpaired) electrons. The summed E-state index contributed by atoms with van der Waals surface area (Å²) >= 11 is 0. The highest BCUT2D eigenvalue weighted by molar-refractivity contribution is 5.06. The highest BCUT2D eigenvalue weighted by Gasteiger charge is 2.28. The van der Waals surface area contributed by atoms with E-state index >= 15 is 0 Å². The van der Waals surface area contributed by atoms with Gasteiger partial charge < -0.3 is 0 Å². The third kappa shape index (κ3) is 2.26. The quantitative estimate of drug-likeness (QED) is 0.662.